The number of benzene rings is 2. The second-order valence-corrected chi connectivity index (χ2v) is 8.58. The Morgan fingerprint density at radius 3 is 2.25 bits per heavy atom. The zero-order valence-corrected chi connectivity index (χ0v) is 15.3. The number of rotatable bonds is 3. The fourth-order valence-electron chi connectivity index (χ4n) is 3.09. The summed E-state index contributed by atoms with van der Waals surface area (Å²) in [5, 5.41) is 10.3. The second-order valence-electron chi connectivity index (χ2n) is 5.90. The highest BCUT2D eigenvalue weighted by Gasteiger charge is 2.34. The van der Waals surface area contributed by atoms with E-state index in [0.717, 1.165) is 18.2 Å². The van der Waals surface area contributed by atoms with Gasteiger partial charge in [0.2, 0.25) is 11.7 Å². The van der Waals surface area contributed by atoms with Crippen molar-refractivity contribution in [3.63, 3.8) is 0 Å². The minimum Gasteiger partial charge on any atom is -0.493 e. The summed E-state index contributed by atoms with van der Waals surface area (Å²) < 4.78 is 65.3. The zero-order valence-electron chi connectivity index (χ0n) is 13.6. The lowest BCUT2D eigenvalue weighted by Crippen LogP contribution is -2.13. The average Bonchev–Trinajstić information content (AvgIpc) is 3.07. The highest BCUT2D eigenvalue weighted by Crippen LogP contribution is 2.38. The Morgan fingerprint density at radius 1 is 0.964 bits per heavy atom. The van der Waals surface area contributed by atoms with E-state index >= 15 is 0 Å². The molecule has 3 aromatic rings. The van der Waals surface area contributed by atoms with Crippen molar-refractivity contribution in [3.8, 4) is 5.88 Å². The van der Waals surface area contributed by atoms with Crippen molar-refractivity contribution in [2.75, 3.05) is 0 Å². The third kappa shape index (κ3) is 2.62. The molecule has 10 nitrogen and oxygen atoms in total. The zero-order chi connectivity index (χ0) is 20.4. The molecule has 1 aliphatic rings. The van der Waals surface area contributed by atoms with Crippen molar-refractivity contribution in [2.45, 2.75) is 4.90 Å². The summed E-state index contributed by atoms with van der Waals surface area (Å²) in [5.41, 5.74) is -0.553. The fraction of sp³-hybridized carbons (Fsp3) is 0. The Hall–Kier alpha value is -3.06. The van der Waals surface area contributed by atoms with Crippen molar-refractivity contribution in [3.05, 3.63) is 53.6 Å². The first kappa shape index (κ1) is 18.3. The van der Waals surface area contributed by atoms with Crippen LogP contribution in [0.2, 0.25) is 0 Å². The maximum absolute atomic E-state index is 12.7. The van der Waals surface area contributed by atoms with Crippen LogP contribution in [0.3, 0.4) is 0 Å². The van der Waals surface area contributed by atoms with Crippen LogP contribution in [0.1, 0.15) is 15.9 Å². The molecule has 4 rings (SSSR count). The van der Waals surface area contributed by atoms with Crippen molar-refractivity contribution in [1.82, 2.24) is 3.97 Å². The first-order valence-electron chi connectivity index (χ1n) is 7.56. The van der Waals surface area contributed by atoms with Gasteiger partial charge >= 0.3 is 10.3 Å². The first-order chi connectivity index (χ1) is 13.0. The molecule has 12 heteroatoms. The van der Waals surface area contributed by atoms with E-state index in [0.29, 0.717) is 0 Å². The van der Waals surface area contributed by atoms with Gasteiger partial charge in [0.05, 0.1) is 21.7 Å². The number of aromatic hydroxyl groups is 1. The lowest BCUT2D eigenvalue weighted by molar-refractivity contribution is 0.107. The van der Waals surface area contributed by atoms with E-state index in [9.17, 15) is 35.8 Å². The molecule has 2 aromatic carbocycles. The number of hydrogen-bond acceptors (Lipinski definition) is 7. The molecular weight excluding hydrogens is 412 g/mol. The minimum atomic E-state index is -5.01. The smallest absolute Gasteiger partial charge is 0.366 e. The summed E-state index contributed by atoms with van der Waals surface area (Å²) in [6.07, 6.45) is 0. The quantitative estimate of drug-likeness (QED) is 0.535. The highest BCUT2D eigenvalue weighted by molar-refractivity contribution is 7.86. The molecule has 28 heavy (non-hydrogen) atoms. The normalized spacial score (nSPS) is 14.4. The van der Waals surface area contributed by atoms with E-state index in [2.05, 4.69) is 4.99 Å². The van der Waals surface area contributed by atoms with Crippen LogP contribution in [0.5, 0.6) is 5.88 Å². The number of para-hydroxylation sites is 1. The van der Waals surface area contributed by atoms with Gasteiger partial charge in [0, 0.05) is 10.9 Å². The number of nitrogens with zero attached hydrogens (tertiary/aromatic N) is 2. The topological polar surface area (TPSA) is 163 Å². The van der Waals surface area contributed by atoms with Crippen LogP contribution in [-0.2, 0) is 20.4 Å². The average molecular weight is 422 g/mol. The SMILES string of the molecule is O=C1C(c2c(O)n(S(=O)(=O)O)c3ccc(S(=O)(=O)O)cc23)=Nc2ccccc21. The van der Waals surface area contributed by atoms with Crippen LogP contribution in [0.15, 0.2) is 52.4 Å². The number of aromatic nitrogens is 1. The monoisotopic (exact) mass is 422 g/mol. The van der Waals surface area contributed by atoms with Crippen LogP contribution in [0.4, 0.5) is 5.69 Å². The van der Waals surface area contributed by atoms with E-state index in [1.54, 1.807) is 12.1 Å². The first-order valence-corrected chi connectivity index (χ1v) is 10.4. The summed E-state index contributed by atoms with van der Waals surface area (Å²) in [4.78, 5) is 16.2. The van der Waals surface area contributed by atoms with Gasteiger partial charge in [-0.1, -0.05) is 12.1 Å². The second kappa shape index (κ2) is 5.72. The molecule has 0 saturated heterocycles. The maximum atomic E-state index is 12.7. The molecule has 0 bridgehead atoms. The van der Waals surface area contributed by atoms with Crippen LogP contribution >= 0.6 is 0 Å². The number of ketones is 1. The molecular formula is C16H10N2O8S2. The third-order valence-electron chi connectivity index (χ3n) is 4.23. The van der Waals surface area contributed by atoms with Crippen LogP contribution in [-0.4, -0.2) is 46.5 Å². The Bertz CT molecular complexity index is 1430. The Morgan fingerprint density at radius 2 is 1.64 bits per heavy atom. The number of fused-ring (bicyclic) bond motifs is 2. The predicted octanol–water partition coefficient (Wildman–Crippen LogP) is 1.56. The lowest BCUT2D eigenvalue weighted by atomic mass is 10.0. The van der Waals surface area contributed by atoms with Crippen molar-refractivity contribution < 1.29 is 35.8 Å². The van der Waals surface area contributed by atoms with Gasteiger partial charge in [-0.3, -0.25) is 13.9 Å². The Balaban J connectivity index is 2.12. The largest absolute Gasteiger partial charge is 0.493 e. The van der Waals surface area contributed by atoms with Gasteiger partial charge in [0.25, 0.3) is 10.1 Å². The number of carbonyl (C=O) groups excluding carboxylic acids is 1. The number of Topliss-reactive ketones (excluding diaryl/α,β-unsaturated/α-hetero) is 1. The molecule has 1 aliphatic heterocycles. The van der Waals surface area contributed by atoms with Gasteiger partial charge in [0.1, 0.15) is 5.71 Å². The van der Waals surface area contributed by atoms with Gasteiger partial charge < -0.3 is 5.11 Å². The molecule has 0 spiro atoms. The van der Waals surface area contributed by atoms with E-state index in [1.165, 1.54) is 12.1 Å². The molecule has 2 heterocycles. The Kier molecular flexibility index (Phi) is 3.74. The molecule has 0 unspecified atom stereocenters. The number of hydrogen-bond donors (Lipinski definition) is 3. The molecule has 0 fully saturated rings. The van der Waals surface area contributed by atoms with Crippen LogP contribution in [0, 0.1) is 0 Å². The van der Waals surface area contributed by atoms with Crippen molar-refractivity contribution in [1.29, 1.82) is 0 Å². The molecule has 0 radical (unpaired) electrons. The van der Waals surface area contributed by atoms with E-state index in [-0.39, 0.29) is 37.4 Å². The van der Waals surface area contributed by atoms with E-state index < -0.39 is 37.0 Å². The Labute approximate surface area is 158 Å². The molecule has 3 N–H and O–H groups in total. The molecule has 1 aromatic heterocycles. The maximum Gasteiger partial charge on any atom is 0.366 e. The van der Waals surface area contributed by atoms with Crippen molar-refractivity contribution in [2.24, 2.45) is 4.99 Å². The predicted molar refractivity (Wildman–Crippen MR) is 97.3 cm³/mol. The van der Waals surface area contributed by atoms with Crippen molar-refractivity contribution >= 4 is 48.5 Å². The fourth-order valence-corrected chi connectivity index (χ4v) is 4.31. The summed E-state index contributed by atoms with van der Waals surface area (Å²) in [6.45, 7) is 0. The molecule has 0 aliphatic carbocycles. The number of carbonyl (C=O) groups is 1. The van der Waals surface area contributed by atoms with Gasteiger partial charge in [-0.05, 0) is 30.3 Å². The van der Waals surface area contributed by atoms with Crippen LogP contribution < -0.4 is 0 Å². The summed E-state index contributed by atoms with van der Waals surface area (Å²) >= 11 is 0. The lowest BCUT2D eigenvalue weighted by Gasteiger charge is -2.02. The number of aliphatic imine (C=N–C) groups is 1. The molecule has 0 amide bonds. The summed E-state index contributed by atoms with van der Waals surface area (Å²) in [6, 6.07) is 8.95. The third-order valence-corrected chi connectivity index (χ3v) is 5.91. The standard InChI is InChI=1S/C16H10N2O8S2/c19-15-9-3-1-2-4-11(9)17-14(15)13-10-7-8(27(21,22)23)5-6-12(10)18(16(13)20)28(24,25)26/h1-7,20H,(H,21,22,23)(H,24,25,26). The van der Waals surface area contributed by atoms with Gasteiger partial charge in [0.15, 0.2) is 0 Å². The van der Waals surface area contributed by atoms with Gasteiger partial charge in [-0.15, -0.1) is 0 Å². The van der Waals surface area contributed by atoms with E-state index in [1.807, 2.05) is 0 Å². The van der Waals surface area contributed by atoms with Gasteiger partial charge in [-0.25, -0.2) is 4.99 Å². The highest BCUT2D eigenvalue weighted by atomic mass is 32.2. The molecule has 144 valence electrons. The minimum absolute atomic E-state index is 0.143. The molecule has 0 saturated carbocycles. The summed E-state index contributed by atoms with van der Waals surface area (Å²) in [7, 11) is -9.68. The van der Waals surface area contributed by atoms with E-state index in [4.69, 9.17) is 0 Å². The molecule has 0 atom stereocenters. The summed E-state index contributed by atoms with van der Waals surface area (Å²) in [5.74, 6) is -1.65. The van der Waals surface area contributed by atoms with Crippen LogP contribution in [0.25, 0.3) is 10.9 Å². The van der Waals surface area contributed by atoms with Gasteiger partial charge in [-0.2, -0.15) is 20.8 Å².